The molecular formula is C27H30N6O6. The molecular weight excluding hydrogens is 504 g/mol. The summed E-state index contributed by atoms with van der Waals surface area (Å²) < 4.78 is 16.6. The maximum Gasteiger partial charge on any atom is 0.328 e. The van der Waals surface area contributed by atoms with Gasteiger partial charge < -0.3 is 19.1 Å². The first-order chi connectivity index (χ1) is 18.9. The van der Waals surface area contributed by atoms with Crippen LogP contribution in [0.3, 0.4) is 0 Å². The fourth-order valence-corrected chi connectivity index (χ4v) is 5.15. The van der Waals surface area contributed by atoms with Gasteiger partial charge in [-0.3, -0.25) is 19.8 Å². The first-order valence-corrected chi connectivity index (χ1v) is 12.9. The van der Waals surface area contributed by atoms with Gasteiger partial charge in [0.2, 0.25) is 0 Å². The van der Waals surface area contributed by atoms with E-state index in [9.17, 15) is 19.6 Å². The van der Waals surface area contributed by atoms with E-state index in [-0.39, 0.29) is 41.7 Å². The van der Waals surface area contributed by atoms with Crippen molar-refractivity contribution in [3.05, 3.63) is 40.7 Å². The second kappa shape index (κ2) is 11.3. The van der Waals surface area contributed by atoms with Crippen molar-refractivity contribution in [3.8, 4) is 11.8 Å². The summed E-state index contributed by atoms with van der Waals surface area (Å²) in [5.74, 6) is 0.838. The van der Waals surface area contributed by atoms with Crippen molar-refractivity contribution in [3.63, 3.8) is 0 Å². The number of hydrogen-bond acceptors (Lipinski definition) is 9. The molecule has 1 aliphatic carbocycles. The molecule has 204 valence electrons. The van der Waals surface area contributed by atoms with E-state index in [0.717, 1.165) is 18.4 Å². The molecule has 3 amide bonds. The van der Waals surface area contributed by atoms with Gasteiger partial charge in [0.05, 0.1) is 12.3 Å². The highest BCUT2D eigenvalue weighted by Crippen LogP contribution is 2.32. The van der Waals surface area contributed by atoms with Crippen LogP contribution < -0.4 is 15.0 Å². The van der Waals surface area contributed by atoms with Crippen molar-refractivity contribution in [2.24, 2.45) is 0 Å². The van der Waals surface area contributed by atoms with E-state index in [4.69, 9.17) is 14.2 Å². The third kappa shape index (κ3) is 5.28. The summed E-state index contributed by atoms with van der Waals surface area (Å²) in [6, 6.07) is 4.98. The number of methoxy groups -OCH3 is 2. The predicted octanol–water partition coefficient (Wildman–Crippen LogP) is 2.45. The van der Waals surface area contributed by atoms with Crippen molar-refractivity contribution in [1.29, 1.82) is 5.26 Å². The molecule has 2 fully saturated rings. The lowest BCUT2D eigenvalue weighted by atomic mass is 9.92. The van der Waals surface area contributed by atoms with E-state index in [2.05, 4.69) is 21.4 Å². The number of nitrogens with one attached hydrogen (secondary N) is 1. The van der Waals surface area contributed by atoms with E-state index < -0.39 is 12.1 Å². The number of urea groups is 1. The van der Waals surface area contributed by atoms with Crippen molar-refractivity contribution >= 4 is 29.9 Å². The number of amides is 3. The van der Waals surface area contributed by atoms with Crippen LogP contribution in [0.25, 0.3) is 0 Å². The number of aryl methyl sites for hydroxylation is 1. The van der Waals surface area contributed by atoms with E-state index in [1.165, 1.54) is 24.3 Å². The number of carbonyl (C=O) groups is 3. The Kier molecular flexibility index (Phi) is 7.72. The summed E-state index contributed by atoms with van der Waals surface area (Å²) >= 11 is 0. The monoisotopic (exact) mass is 534 g/mol. The van der Waals surface area contributed by atoms with E-state index in [1.807, 2.05) is 6.07 Å². The number of likely N-dealkylation sites (tertiary alicyclic amines) is 1. The second-order valence-corrected chi connectivity index (χ2v) is 9.78. The van der Waals surface area contributed by atoms with Crippen LogP contribution in [0.1, 0.15) is 52.9 Å². The average molecular weight is 535 g/mol. The normalized spacial score (nSPS) is 22.1. The number of aromatic nitrogens is 2. The molecule has 1 N–H and O–H groups in total. The Balaban J connectivity index is 1.34. The summed E-state index contributed by atoms with van der Waals surface area (Å²) in [6.07, 6.45) is 5.00. The number of nitrogens with zero attached hydrogens (tertiary/aromatic N) is 5. The Labute approximate surface area is 225 Å². The summed E-state index contributed by atoms with van der Waals surface area (Å²) in [5, 5.41) is 12.2. The minimum absolute atomic E-state index is 0.0411. The first kappa shape index (κ1) is 26.5. The molecule has 2 aliphatic heterocycles. The van der Waals surface area contributed by atoms with Gasteiger partial charge in [0.25, 0.3) is 5.91 Å². The zero-order valence-corrected chi connectivity index (χ0v) is 21.9. The zero-order valence-electron chi connectivity index (χ0n) is 21.9. The van der Waals surface area contributed by atoms with Crippen molar-refractivity contribution < 1.29 is 28.6 Å². The van der Waals surface area contributed by atoms with Crippen LogP contribution in [-0.4, -0.2) is 78.7 Å². The Morgan fingerprint density at radius 2 is 2.03 bits per heavy atom. The molecule has 12 heteroatoms. The van der Waals surface area contributed by atoms with Gasteiger partial charge in [-0.2, -0.15) is 5.26 Å². The predicted molar refractivity (Wildman–Crippen MR) is 139 cm³/mol. The highest BCUT2D eigenvalue weighted by molar-refractivity contribution is 6.01. The number of rotatable bonds is 8. The number of aldehydes is 1. The van der Waals surface area contributed by atoms with Crippen LogP contribution in [0.5, 0.6) is 5.75 Å². The fourth-order valence-electron chi connectivity index (χ4n) is 5.15. The maximum atomic E-state index is 13.3. The molecule has 5 rings (SSSR count). The SMILES string of the molecule is COC1CCN(Cc2cc3c(nc2C=O)N(C(=O)Nc2cc(O[C@@H]4CC[C@@H]4OC)c(C#N)cn2)CCC3)C1=O. The van der Waals surface area contributed by atoms with Gasteiger partial charge >= 0.3 is 6.03 Å². The number of anilines is 2. The van der Waals surface area contributed by atoms with Crippen LogP contribution in [0, 0.1) is 11.3 Å². The Morgan fingerprint density at radius 3 is 2.69 bits per heavy atom. The van der Waals surface area contributed by atoms with E-state index >= 15 is 0 Å². The first-order valence-electron chi connectivity index (χ1n) is 12.9. The van der Waals surface area contributed by atoms with Crippen LogP contribution in [0.2, 0.25) is 0 Å². The Morgan fingerprint density at radius 1 is 1.21 bits per heavy atom. The molecule has 0 aromatic carbocycles. The molecule has 1 saturated heterocycles. The van der Waals surface area contributed by atoms with Gasteiger partial charge in [-0.05, 0) is 37.3 Å². The van der Waals surface area contributed by atoms with Crippen LogP contribution >= 0.6 is 0 Å². The number of nitriles is 1. The van der Waals surface area contributed by atoms with Crippen LogP contribution in [0.4, 0.5) is 16.4 Å². The zero-order chi connectivity index (χ0) is 27.5. The molecule has 1 unspecified atom stereocenters. The summed E-state index contributed by atoms with van der Waals surface area (Å²) in [5.41, 5.74) is 1.90. The molecule has 3 atom stereocenters. The molecule has 1 saturated carbocycles. The topological polar surface area (TPSA) is 147 Å². The lowest BCUT2D eigenvalue weighted by molar-refractivity contribution is -0.136. The molecule has 0 bridgehead atoms. The minimum atomic E-state index is -0.466. The minimum Gasteiger partial charge on any atom is -0.486 e. The van der Waals surface area contributed by atoms with Gasteiger partial charge in [0.1, 0.15) is 46.9 Å². The summed E-state index contributed by atoms with van der Waals surface area (Å²) in [4.78, 5) is 49.6. The van der Waals surface area contributed by atoms with Gasteiger partial charge in [0, 0.05) is 51.9 Å². The second-order valence-electron chi connectivity index (χ2n) is 9.78. The third-order valence-corrected chi connectivity index (χ3v) is 7.48. The summed E-state index contributed by atoms with van der Waals surface area (Å²) in [7, 11) is 3.13. The molecule has 12 nitrogen and oxygen atoms in total. The molecule has 39 heavy (non-hydrogen) atoms. The maximum absolute atomic E-state index is 13.3. The van der Waals surface area contributed by atoms with Gasteiger partial charge in [-0.15, -0.1) is 0 Å². The number of fused-ring (bicyclic) bond motifs is 1. The van der Waals surface area contributed by atoms with Crippen molar-refractivity contribution in [2.75, 3.05) is 37.5 Å². The van der Waals surface area contributed by atoms with Gasteiger partial charge in [-0.25, -0.2) is 14.8 Å². The lowest BCUT2D eigenvalue weighted by Crippen LogP contribution is -2.42. The molecule has 0 radical (unpaired) electrons. The van der Waals surface area contributed by atoms with Crippen LogP contribution in [0.15, 0.2) is 18.3 Å². The van der Waals surface area contributed by atoms with Gasteiger partial charge in [0.15, 0.2) is 6.29 Å². The standard InChI is InChI=1S/C27H30N6O6/c1-37-20-5-6-21(20)39-23-11-24(29-13-18(23)12-28)31-27(36)33-8-3-4-16-10-17(19(15-34)30-25(16)33)14-32-9-7-22(38-2)26(32)35/h10-11,13,15,20-22H,3-9,14H2,1-2H3,(H,29,31,36)/t20-,21+,22?/m0/s1. The van der Waals surface area contributed by atoms with Crippen molar-refractivity contribution in [1.82, 2.24) is 14.9 Å². The Bertz CT molecular complexity index is 1320. The Hall–Kier alpha value is -4.08. The van der Waals surface area contributed by atoms with E-state index in [1.54, 1.807) is 12.0 Å². The fraction of sp³-hybridized carbons (Fsp3) is 0.481. The smallest absolute Gasteiger partial charge is 0.328 e. The van der Waals surface area contributed by atoms with Crippen LogP contribution in [-0.2, 0) is 27.2 Å². The van der Waals surface area contributed by atoms with Crippen molar-refractivity contribution in [2.45, 2.75) is 57.0 Å². The number of ether oxygens (including phenoxy) is 3. The quantitative estimate of drug-likeness (QED) is 0.504. The average Bonchev–Trinajstić information content (AvgIpc) is 3.29. The molecule has 2 aromatic rings. The third-order valence-electron chi connectivity index (χ3n) is 7.48. The van der Waals surface area contributed by atoms with E-state index in [0.29, 0.717) is 55.8 Å². The molecule has 0 spiro atoms. The number of pyridine rings is 2. The summed E-state index contributed by atoms with van der Waals surface area (Å²) in [6.45, 7) is 1.19. The largest absolute Gasteiger partial charge is 0.486 e. The molecule has 2 aromatic heterocycles. The van der Waals surface area contributed by atoms with Gasteiger partial charge in [-0.1, -0.05) is 0 Å². The molecule has 3 aliphatic rings. The highest BCUT2D eigenvalue weighted by atomic mass is 16.5. The number of hydrogen-bond donors (Lipinski definition) is 1. The molecule has 4 heterocycles. The highest BCUT2D eigenvalue weighted by Gasteiger charge is 2.34. The lowest BCUT2D eigenvalue weighted by Gasteiger charge is -2.35. The number of carbonyl (C=O) groups excluding carboxylic acids is 3.